The van der Waals surface area contributed by atoms with E-state index in [1.165, 1.54) is 5.56 Å². The van der Waals surface area contributed by atoms with Gasteiger partial charge in [-0.05, 0) is 29.7 Å². The first kappa shape index (κ1) is 13.9. The van der Waals surface area contributed by atoms with Crippen LogP contribution in [-0.4, -0.2) is 10.9 Å². The number of aromatic nitrogens is 1. The maximum Gasteiger partial charge on any atom is 0.153 e. The molecule has 1 heterocycles. The van der Waals surface area contributed by atoms with Crippen LogP contribution in [0.2, 0.25) is 5.15 Å². The van der Waals surface area contributed by atoms with Crippen molar-refractivity contribution in [1.82, 2.24) is 4.57 Å². The van der Waals surface area contributed by atoms with Crippen LogP contribution < -0.4 is 0 Å². The van der Waals surface area contributed by atoms with Gasteiger partial charge in [-0.2, -0.15) is 0 Å². The third kappa shape index (κ3) is 2.47. The first-order valence-corrected chi connectivity index (χ1v) is 7.42. The van der Waals surface area contributed by atoms with Gasteiger partial charge < -0.3 is 4.57 Å². The van der Waals surface area contributed by atoms with E-state index in [1.54, 1.807) is 0 Å². The quantitative estimate of drug-likeness (QED) is 0.639. The zero-order valence-corrected chi connectivity index (χ0v) is 12.6. The van der Waals surface area contributed by atoms with Gasteiger partial charge in [0.1, 0.15) is 5.15 Å². The number of rotatable bonds is 4. The molecule has 0 saturated heterocycles. The third-order valence-corrected chi connectivity index (χ3v) is 4.22. The van der Waals surface area contributed by atoms with Crippen molar-refractivity contribution in [3.63, 3.8) is 0 Å². The number of halogens is 1. The molecule has 0 amide bonds. The molecule has 1 aromatic heterocycles. The second kappa shape index (κ2) is 5.74. The summed E-state index contributed by atoms with van der Waals surface area (Å²) in [6.45, 7) is 2.76. The molecule has 0 radical (unpaired) electrons. The largest absolute Gasteiger partial charge is 0.327 e. The van der Waals surface area contributed by atoms with Crippen molar-refractivity contribution in [3.8, 4) is 0 Å². The zero-order chi connectivity index (χ0) is 14.8. The zero-order valence-electron chi connectivity index (χ0n) is 11.8. The van der Waals surface area contributed by atoms with Gasteiger partial charge in [0.25, 0.3) is 0 Å². The van der Waals surface area contributed by atoms with Crippen LogP contribution >= 0.6 is 11.6 Å². The highest BCUT2D eigenvalue weighted by molar-refractivity contribution is 6.34. The molecule has 2 aromatic carbocycles. The van der Waals surface area contributed by atoms with Crippen LogP contribution in [0.15, 0.2) is 48.5 Å². The number of aryl methyl sites for hydroxylation is 1. The number of benzene rings is 2. The predicted octanol–water partition coefficient (Wildman–Crippen LogP) is 4.72. The highest BCUT2D eigenvalue weighted by Crippen LogP contribution is 2.30. The fourth-order valence-electron chi connectivity index (χ4n) is 2.65. The topological polar surface area (TPSA) is 22.0 Å². The molecule has 0 atom stereocenters. The second-order valence-corrected chi connectivity index (χ2v) is 5.46. The highest BCUT2D eigenvalue weighted by atomic mass is 35.5. The van der Waals surface area contributed by atoms with Crippen LogP contribution in [0.3, 0.4) is 0 Å². The Morgan fingerprint density at radius 1 is 1.10 bits per heavy atom. The van der Waals surface area contributed by atoms with Gasteiger partial charge in [0.15, 0.2) is 6.29 Å². The number of aldehydes is 1. The summed E-state index contributed by atoms with van der Waals surface area (Å²) in [5.74, 6) is 0. The molecule has 21 heavy (non-hydrogen) atoms. The molecule has 0 saturated carbocycles. The summed E-state index contributed by atoms with van der Waals surface area (Å²) >= 11 is 6.43. The van der Waals surface area contributed by atoms with Crippen molar-refractivity contribution in [2.24, 2.45) is 0 Å². The van der Waals surface area contributed by atoms with E-state index in [4.69, 9.17) is 11.6 Å². The van der Waals surface area contributed by atoms with Crippen molar-refractivity contribution in [1.29, 1.82) is 0 Å². The van der Waals surface area contributed by atoms with E-state index in [-0.39, 0.29) is 0 Å². The molecule has 0 N–H and O–H groups in total. The molecule has 106 valence electrons. The van der Waals surface area contributed by atoms with E-state index < -0.39 is 0 Å². The first-order valence-electron chi connectivity index (χ1n) is 7.04. The Morgan fingerprint density at radius 2 is 1.86 bits per heavy atom. The van der Waals surface area contributed by atoms with Gasteiger partial charge in [-0.1, -0.05) is 54.9 Å². The number of hydrogen-bond acceptors (Lipinski definition) is 1. The van der Waals surface area contributed by atoms with Crippen LogP contribution in [0.25, 0.3) is 10.9 Å². The molecule has 0 spiro atoms. The molecule has 0 bridgehead atoms. The molecule has 0 unspecified atom stereocenters. The minimum Gasteiger partial charge on any atom is -0.327 e. The van der Waals surface area contributed by atoms with Crippen molar-refractivity contribution in [2.45, 2.75) is 19.9 Å². The summed E-state index contributed by atoms with van der Waals surface area (Å²) in [7, 11) is 0. The van der Waals surface area contributed by atoms with Crippen LogP contribution in [0, 0.1) is 0 Å². The third-order valence-electron chi connectivity index (χ3n) is 3.81. The Hall–Kier alpha value is -2.06. The molecule has 3 heteroatoms. The Balaban J connectivity index is 2.18. The van der Waals surface area contributed by atoms with E-state index in [1.807, 2.05) is 22.8 Å². The Bertz CT molecular complexity index is 790. The monoisotopic (exact) mass is 297 g/mol. The van der Waals surface area contributed by atoms with Crippen LogP contribution in [0.4, 0.5) is 0 Å². The maximum absolute atomic E-state index is 11.4. The summed E-state index contributed by atoms with van der Waals surface area (Å²) in [6, 6.07) is 16.3. The lowest BCUT2D eigenvalue weighted by Gasteiger charge is -2.07. The van der Waals surface area contributed by atoms with E-state index in [0.717, 1.165) is 29.2 Å². The maximum atomic E-state index is 11.4. The van der Waals surface area contributed by atoms with E-state index in [9.17, 15) is 4.79 Å². The fourth-order valence-corrected chi connectivity index (χ4v) is 2.95. The van der Waals surface area contributed by atoms with Gasteiger partial charge in [-0.3, -0.25) is 4.79 Å². The lowest BCUT2D eigenvalue weighted by Crippen LogP contribution is -1.99. The summed E-state index contributed by atoms with van der Waals surface area (Å²) in [6.07, 6.45) is 1.79. The van der Waals surface area contributed by atoms with Gasteiger partial charge >= 0.3 is 0 Å². The minimum atomic E-state index is 0.511. The van der Waals surface area contributed by atoms with Crippen LogP contribution in [-0.2, 0) is 13.0 Å². The molecular weight excluding hydrogens is 282 g/mol. The molecule has 0 aliphatic carbocycles. The van der Waals surface area contributed by atoms with Crippen molar-refractivity contribution < 1.29 is 4.79 Å². The average molecular weight is 298 g/mol. The minimum absolute atomic E-state index is 0.511. The summed E-state index contributed by atoms with van der Waals surface area (Å²) in [5, 5.41) is 1.45. The molecular formula is C18H16ClNO. The standard InChI is InChI=1S/C18H16ClNO/c1-2-13-8-9-17-15(10-13)16(12-21)18(19)20(17)11-14-6-4-3-5-7-14/h3-10,12H,2,11H2,1H3. The van der Waals surface area contributed by atoms with E-state index in [0.29, 0.717) is 17.3 Å². The molecule has 3 aromatic rings. The smallest absolute Gasteiger partial charge is 0.153 e. The summed E-state index contributed by atoms with van der Waals surface area (Å²) < 4.78 is 2.00. The van der Waals surface area contributed by atoms with E-state index >= 15 is 0 Å². The van der Waals surface area contributed by atoms with Crippen molar-refractivity contribution in [3.05, 3.63) is 70.4 Å². The Morgan fingerprint density at radius 3 is 2.52 bits per heavy atom. The Labute approximate surface area is 129 Å². The van der Waals surface area contributed by atoms with Gasteiger partial charge in [0, 0.05) is 11.9 Å². The van der Waals surface area contributed by atoms with Gasteiger partial charge in [-0.15, -0.1) is 0 Å². The Kier molecular flexibility index (Phi) is 3.80. The molecule has 3 rings (SSSR count). The number of carbonyl (C=O) groups excluding carboxylic acids is 1. The molecule has 0 fully saturated rings. The summed E-state index contributed by atoms with van der Waals surface area (Å²) in [5.41, 5.74) is 3.95. The summed E-state index contributed by atoms with van der Waals surface area (Å²) in [4.78, 5) is 11.4. The van der Waals surface area contributed by atoms with Crippen LogP contribution in [0.1, 0.15) is 28.4 Å². The molecule has 2 nitrogen and oxygen atoms in total. The van der Waals surface area contributed by atoms with Crippen molar-refractivity contribution >= 4 is 28.8 Å². The van der Waals surface area contributed by atoms with Gasteiger partial charge in [0.2, 0.25) is 0 Å². The van der Waals surface area contributed by atoms with Gasteiger partial charge in [-0.25, -0.2) is 0 Å². The second-order valence-electron chi connectivity index (χ2n) is 5.10. The molecule has 0 aliphatic heterocycles. The average Bonchev–Trinajstić information content (AvgIpc) is 2.79. The van der Waals surface area contributed by atoms with Crippen LogP contribution in [0.5, 0.6) is 0 Å². The fraction of sp³-hybridized carbons (Fsp3) is 0.167. The normalized spacial score (nSPS) is 11.0. The number of carbonyl (C=O) groups is 1. The SMILES string of the molecule is CCc1ccc2c(c1)c(C=O)c(Cl)n2Cc1ccccc1. The van der Waals surface area contributed by atoms with Gasteiger partial charge in [0.05, 0.1) is 11.1 Å². The van der Waals surface area contributed by atoms with Crippen molar-refractivity contribution in [2.75, 3.05) is 0 Å². The predicted molar refractivity (Wildman–Crippen MR) is 87.3 cm³/mol. The van der Waals surface area contributed by atoms with E-state index in [2.05, 4.69) is 37.3 Å². The lowest BCUT2D eigenvalue weighted by molar-refractivity contribution is 0.112. The first-order chi connectivity index (χ1) is 10.2. The number of fused-ring (bicyclic) bond motifs is 1. The number of hydrogen-bond donors (Lipinski definition) is 0. The highest BCUT2D eigenvalue weighted by Gasteiger charge is 2.15. The lowest BCUT2D eigenvalue weighted by atomic mass is 10.1. The number of nitrogens with zero attached hydrogens (tertiary/aromatic N) is 1. The molecule has 0 aliphatic rings.